The number of nitrogens with one attached hydrogen (secondary N) is 1. The fraction of sp³-hybridized carbons (Fsp3) is 0.294. The van der Waals surface area contributed by atoms with Crippen LogP contribution in [-0.2, 0) is 26.5 Å². The molecule has 0 amide bonds. The minimum atomic E-state index is -3.69. The number of benzene rings is 2. The maximum absolute atomic E-state index is 12.5. The lowest BCUT2D eigenvalue weighted by molar-refractivity contribution is 0.561. The van der Waals surface area contributed by atoms with Gasteiger partial charge in [0, 0.05) is 6.54 Å². The van der Waals surface area contributed by atoms with Crippen LogP contribution in [0.3, 0.4) is 0 Å². The van der Waals surface area contributed by atoms with Crippen LogP contribution in [0.5, 0.6) is 0 Å². The van der Waals surface area contributed by atoms with Gasteiger partial charge in [0.05, 0.1) is 22.9 Å². The van der Waals surface area contributed by atoms with Gasteiger partial charge in [-0.3, -0.25) is 4.31 Å². The molecule has 1 atom stereocenters. The van der Waals surface area contributed by atoms with E-state index in [9.17, 15) is 16.8 Å². The van der Waals surface area contributed by atoms with Crippen molar-refractivity contribution in [1.29, 1.82) is 0 Å². The highest BCUT2D eigenvalue weighted by Gasteiger charge is 2.35. The molecule has 1 unspecified atom stereocenters. The van der Waals surface area contributed by atoms with Crippen molar-refractivity contribution in [1.82, 2.24) is 4.72 Å². The van der Waals surface area contributed by atoms with Gasteiger partial charge in [-0.15, -0.1) is 0 Å². The molecule has 0 radical (unpaired) electrons. The zero-order valence-corrected chi connectivity index (χ0v) is 15.6. The predicted molar refractivity (Wildman–Crippen MR) is 97.6 cm³/mol. The second-order valence-corrected chi connectivity index (χ2v) is 9.84. The van der Waals surface area contributed by atoms with E-state index in [4.69, 9.17) is 0 Å². The first-order chi connectivity index (χ1) is 11.7. The van der Waals surface area contributed by atoms with E-state index in [0.717, 1.165) is 17.4 Å². The molecular weight excluding hydrogens is 360 g/mol. The molecule has 0 saturated carbocycles. The Balaban J connectivity index is 1.82. The molecule has 0 aromatic heterocycles. The number of hydrogen-bond acceptors (Lipinski definition) is 4. The minimum Gasteiger partial charge on any atom is -0.265 e. The van der Waals surface area contributed by atoms with E-state index < -0.39 is 26.1 Å². The topological polar surface area (TPSA) is 83.6 Å². The summed E-state index contributed by atoms with van der Waals surface area (Å²) in [6.45, 7) is 1.89. The van der Waals surface area contributed by atoms with Crippen molar-refractivity contribution in [2.75, 3.05) is 17.1 Å². The number of fused-ring (bicyclic) bond motifs is 1. The smallest absolute Gasteiger partial charge is 0.240 e. The molecule has 2 aromatic rings. The van der Waals surface area contributed by atoms with Crippen LogP contribution in [0.1, 0.15) is 11.1 Å². The number of hydrogen-bond donors (Lipinski definition) is 1. The van der Waals surface area contributed by atoms with E-state index in [1.54, 1.807) is 24.3 Å². The molecule has 134 valence electrons. The lowest BCUT2D eigenvalue weighted by Crippen LogP contribution is -2.44. The minimum absolute atomic E-state index is 0.0119. The zero-order chi connectivity index (χ0) is 18.2. The van der Waals surface area contributed by atoms with Crippen molar-refractivity contribution >= 4 is 25.7 Å². The van der Waals surface area contributed by atoms with Crippen molar-refractivity contribution in [3.05, 3.63) is 59.7 Å². The van der Waals surface area contributed by atoms with Gasteiger partial charge >= 0.3 is 0 Å². The maximum Gasteiger partial charge on any atom is 0.240 e. The Kier molecular flexibility index (Phi) is 4.61. The molecule has 1 aliphatic heterocycles. The second kappa shape index (κ2) is 6.44. The Labute approximate surface area is 148 Å². The van der Waals surface area contributed by atoms with E-state index in [2.05, 4.69) is 4.72 Å². The average molecular weight is 380 g/mol. The Bertz CT molecular complexity index is 984. The molecule has 0 spiro atoms. The van der Waals surface area contributed by atoms with Gasteiger partial charge in [-0.1, -0.05) is 35.9 Å². The molecule has 3 rings (SSSR count). The summed E-state index contributed by atoms with van der Waals surface area (Å²) in [6, 6.07) is 13.3. The predicted octanol–water partition coefficient (Wildman–Crippen LogP) is 1.66. The molecule has 0 bridgehead atoms. The second-order valence-electron chi connectivity index (χ2n) is 6.21. The van der Waals surface area contributed by atoms with Crippen LogP contribution in [0.15, 0.2) is 53.4 Å². The van der Waals surface area contributed by atoms with Crippen LogP contribution in [0, 0.1) is 6.92 Å². The van der Waals surface area contributed by atoms with E-state index in [1.807, 2.05) is 19.1 Å². The van der Waals surface area contributed by atoms with Gasteiger partial charge < -0.3 is 0 Å². The highest BCUT2D eigenvalue weighted by molar-refractivity contribution is 7.92. The van der Waals surface area contributed by atoms with Crippen molar-refractivity contribution in [3.8, 4) is 0 Å². The molecule has 1 N–H and O–H groups in total. The third-order valence-corrected chi connectivity index (χ3v) is 6.86. The Morgan fingerprint density at radius 1 is 1.04 bits per heavy atom. The van der Waals surface area contributed by atoms with Crippen molar-refractivity contribution in [2.45, 2.75) is 24.3 Å². The zero-order valence-electron chi connectivity index (χ0n) is 14.0. The maximum atomic E-state index is 12.5. The molecule has 2 aromatic carbocycles. The van der Waals surface area contributed by atoms with Crippen LogP contribution >= 0.6 is 0 Å². The van der Waals surface area contributed by atoms with Gasteiger partial charge in [-0.25, -0.2) is 21.6 Å². The van der Waals surface area contributed by atoms with Gasteiger partial charge in [0.1, 0.15) is 0 Å². The largest absolute Gasteiger partial charge is 0.265 e. The molecule has 25 heavy (non-hydrogen) atoms. The molecule has 8 heteroatoms. The molecule has 1 aliphatic rings. The fourth-order valence-corrected chi connectivity index (χ4v) is 5.34. The number of aryl methyl sites for hydroxylation is 1. The summed E-state index contributed by atoms with van der Waals surface area (Å²) in [6.07, 6.45) is 1.61. The third kappa shape index (κ3) is 3.70. The summed E-state index contributed by atoms with van der Waals surface area (Å²) in [4.78, 5) is 0.166. The van der Waals surface area contributed by atoms with Crippen LogP contribution in [0.25, 0.3) is 0 Å². The summed E-state index contributed by atoms with van der Waals surface area (Å²) in [5, 5.41) is 0. The summed E-state index contributed by atoms with van der Waals surface area (Å²) in [5.74, 6) is 0. The molecular formula is C17H20N2O4S2. The lowest BCUT2D eigenvalue weighted by Gasteiger charge is -2.25. The van der Waals surface area contributed by atoms with Crippen LogP contribution < -0.4 is 9.03 Å². The highest BCUT2D eigenvalue weighted by Crippen LogP contribution is 2.33. The summed E-state index contributed by atoms with van der Waals surface area (Å²) >= 11 is 0. The first kappa shape index (κ1) is 17.9. The molecule has 0 saturated heterocycles. The van der Waals surface area contributed by atoms with Crippen molar-refractivity contribution in [2.24, 2.45) is 0 Å². The van der Waals surface area contributed by atoms with E-state index in [0.29, 0.717) is 12.1 Å². The van der Waals surface area contributed by atoms with Crippen molar-refractivity contribution in [3.63, 3.8) is 0 Å². The van der Waals surface area contributed by atoms with E-state index in [-0.39, 0.29) is 11.4 Å². The first-order valence-electron chi connectivity index (χ1n) is 7.82. The Hall–Kier alpha value is -1.90. The first-order valence-corrected chi connectivity index (χ1v) is 11.2. The van der Waals surface area contributed by atoms with Gasteiger partial charge in [-0.05, 0) is 37.1 Å². The fourth-order valence-electron chi connectivity index (χ4n) is 3.04. The van der Waals surface area contributed by atoms with Crippen LogP contribution in [0.4, 0.5) is 5.69 Å². The van der Waals surface area contributed by atoms with E-state index in [1.165, 1.54) is 16.4 Å². The average Bonchev–Trinajstić information content (AvgIpc) is 2.92. The van der Waals surface area contributed by atoms with Crippen LogP contribution in [-0.4, -0.2) is 35.7 Å². The standard InChI is InChI=1S/C17H20N2O4S2/c1-13-7-9-16(10-8-13)25(22,23)18-12-15-11-14-5-3-4-6-17(14)19(15)24(2,20)21/h3-10,15,18H,11-12H2,1-2H3. The lowest BCUT2D eigenvalue weighted by atomic mass is 10.1. The SMILES string of the molecule is Cc1ccc(S(=O)(=O)NCC2Cc3ccccc3N2S(C)(=O)=O)cc1. The van der Waals surface area contributed by atoms with Crippen LogP contribution in [0.2, 0.25) is 0 Å². The molecule has 0 fully saturated rings. The van der Waals surface area contributed by atoms with Crippen molar-refractivity contribution < 1.29 is 16.8 Å². The third-order valence-electron chi connectivity index (χ3n) is 4.21. The molecule has 1 heterocycles. The monoisotopic (exact) mass is 380 g/mol. The van der Waals surface area contributed by atoms with Gasteiger partial charge in [0.25, 0.3) is 0 Å². The van der Waals surface area contributed by atoms with Gasteiger partial charge in [0.2, 0.25) is 20.0 Å². The Morgan fingerprint density at radius 3 is 2.32 bits per heavy atom. The molecule has 6 nitrogen and oxygen atoms in total. The van der Waals surface area contributed by atoms with Gasteiger partial charge in [0.15, 0.2) is 0 Å². The van der Waals surface area contributed by atoms with Gasteiger partial charge in [-0.2, -0.15) is 0 Å². The number of nitrogens with zero attached hydrogens (tertiary/aromatic N) is 1. The number of sulfonamides is 2. The quantitative estimate of drug-likeness (QED) is 0.855. The summed E-state index contributed by atoms with van der Waals surface area (Å²) in [7, 11) is -7.20. The summed E-state index contributed by atoms with van der Waals surface area (Å²) < 4.78 is 53.1. The molecule has 0 aliphatic carbocycles. The number of para-hydroxylation sites is 1. The highest BCUT2D eigenvalue weighted by atomic mass is 32.2. The normalized spacial score (nSPS) is 17.5. The number of anilines is 1. The van der Waals surface area contributed by atoms with E-state index >= 15 is 0 Å². The Morgan fingerprint density at radius 2 is 1.68 bits per heavy atom. The number of rotatable bonds is 5. The summed E-state index contributed by atoms with van der Waals surface area (Å²) in [5.41, 5.74) is 2.48.